The van der Waals surface area contributed by atoms with Crippen LogP contribution < -0.4 is 0 Å². The molecule has 0 radical (unpaired) electrons. The predicted molar refractivity (Wildman–Crippen MR) is 236 cm³/mol. The molecule has 9 aromatic carbocycles. The summed E-state index contributed by atoms with van der Waals surface area (Å²) in [5.74, 6) is 0. The summed E-state index contributed by atoms with van der Waals surface area (Å²) in [6.07, 6.45) is 6.83. The molecule has 0 saturated carbocycles. The van der Waals surface area contributed by atoms with Crippen LogP contribution in [0.1, 0.15) is 42.5 Å². The summed E-state index contributed by atoms with van der Waals surface area (Å²) in [6, 6.07) is 63.7. The fourth-order valence-corrected chi connectivity index (χ4v) is 9.68. The van der Waals surface area contributed by atoms with E-state index in [1.54, 1.807) is 0 Å². The minimum atomic E-state index is -0.0775. The summed E-state index contributed by atoms with van der Waals surface area (Å²) in [6.45, 7) is 4.77. The van der Waals surface area contributed by atoms with E-state index in [0.717, 1.165) is 12.8 Å². The molecule has 0 aliphatic heterocycles. The van der Waals surface area contributed by atoms with Gasteiger partial charge in [0.15, 0.2) is 0 Å². The van der Waals surface area contributed by atoms with E-state index in [1.165, 1.54) is 110 Å². The molecule has 260 valence electrons. The summed E-state index contributed by atoms with van der Waals surface area (Å²) < 4.78 is 0. The lowest BCUT2D eigenvalue weighted by Gasteiger charge is -2.24. The van der Waals surface area contributed by atoms with E-state index in [0.29, 0.717) is 0 Å². The Morgan fingerprint density at radius 2 is 0.982 bits per heavy atom. The Balaban J connectivity index is 1.02. The average Bonchev–Trinajstić information content (AvgIpc) is 3.46. The molecular formula is C55H40. The number of fused-ring (bicyclic) bond motifs is 7. The van der Waals surface area contributed by atoms with Gasteiger partial charge in [0.1, 0.15) is 0 Å². The van der Waals surface area contributed by atoms with Crippen molar-refractivity contribution < 1.29 is 0 Å². The molecule has 0 nitrogen and oxygen atoms in total. The second-order valence-corrected chi connectivity index (χ2v) is 16.0. The Bertz CT molecular complexity index is 3040. The Morgan fingerprint density at radius 1 is 0.400 bits per heavy atom. The average molecular weight is 701 g/mol. The third kappa shape index (κ3) is 5.05. The maximum atomic E-state index is 2.46. The van der Waals surface area contributed by atoms with E-state index in [-0.39, 0.29) is 5.41 Å². The molecule has 55 heavy (non-hydrogen) atoms. The van der Waals surface area contributed by atoms with E-state index >= 15 is 0 Å². The third-order valence-corrected chi connectivity index (χ3v) is 12.5. The second-order valence-electron chi connectivity index (χ2n) is 16.0. The molecule has 0 fully saturated rings. The van der Waals surface area contributed by atoms with Crippen LogP contribution >= 0.6 is 0 Å². The van der Waals surface area contributed by atoms with Gasteiger partial charge in [0.2, 0.25) is 0 Å². The highest BCUT2D eigenvalue weighted by atomic mass is 14.4. The van der Waals surface area contributed by atoms with Crippen molar-refractivity contribution in [2.24, 2.45) is 0 Å². The molecule has 9 aromatic rings. The largest absolute Gasteiger partial charge is 0.0836 e. The monoisotopic (exact) mass is 700 g/mol. The van der Waals surface area contributed by atoms with Crippen LogP contribution in [0.5, 0.6) is 0 Å². The number of rotatable bonds is 4. The van der Waals surface area contributed by atoms with E-state index in [1.807, 2.05) is 0 Å². The Hall–Kier alpha value is -6.50. The van der Waals surface area contributed by atoms with Crippen molar-refractivity contribution in [1.29, 1.82) is 0 Å². The van der Waals surface area contributed by atoms with Crippen LogP contribution in [0.2, 0.25) is 0 Å². The van der Waals surface area contributed by atoms with E-state index in [9.17, 15) is 0 Å². The van der Waals surface area contributed by atoms with Gasteiger partial charge >= 0.3 is 0 Å². The standard InChI is InChI=1S/C55H40/c1-55(2)51-34-43(28-29-45(51)50-32-40-14-5-6-15-41(40)33-52(50)55)39-16-11-17-44(31-39)54-48-20-9-7-18-46(48)53(47-19-8-10-21-49(47)54)37-25-22-36(23-26-37)42-27-24-35-12-3-4-13-38(35)30-42/h3-7,9-18,20-34H,8,19H2,1-2H3. The number of benzene rings is 9. The molecule has 0 heteroatoms. The zero-order valence-electron chi connectivity index (χ0n) is 31.2. The molecule has 0 saturated heterocycles. The van der Waals surface area contributed by atoms with Gasteiger partial charge in [-0.3, -0.25) is 0 Å². The van der Waals surface area contributed by atoms with Crippen molar-refractivity contribution in [2.75, 3.05) is 0 Å². The van der Waals surface area contributed by atoms with Crippen LogP contribution in [0.15, 0.2) is 176 Å². The Labute approximate surface area is 323 Å². The number of allylic oxidation sites excluding steroid dienone is 1. The van der Waals surface area contributed by atoms with Gasteiger partial charge in [-0.1, -0.05) is 166 Å². The van der Waals surface area contributed by atoms with Crippen LogP contribution in [0.3, 0.4) is 0 Å². The molecule has 0 atom stereocenters. The highest BCUT2D eigenvalue weighted by Crippen LogP contribution is 2.51. The van der Waals surface area contributed by atoms with Gasteiger partial charge in [-0.05, 0) is 153 Å². The molecular weight excluding hydrogens is 661 g/mol. The van der Waals surface area contributed by atoms with E-state index < -0.39 is 0 Å². The molecule has 2 aliphatic carbocycles. The maximum absolute atomic E-state index is 2.46. The Morgan fingerprint density at radius 3 is 1.78 bits per heavy atom. The van der Waals surface area contributed by atoms with Crippen molar-refractivity contribution in [3.63, 3.8) is 0 Å². The van der Waals surface area contributed by atoms with Gasteiger partial charge in [0.05, 0.1) is 0 Å². The van der Waals surface area contributed by atoms with Crippen molar-refractivity contribution in [3.05, 3.63) is 198 Å². The SMILES string of the molecule is CC1(C)c2cc(-c3cccc(-c4c5c(c(-c6ccc(-c7ccc8ccccc8c7)cc6)c6ccccc46)CCC=C5)c3)ccc2-c2cc3ccccc3cc21. The minimum absolute atomic E-state index is 0.0775. The van der Waals surface area contributed by atoms with Gasteiger partial charge in [-0.25, -0.2) is 0 Å². The topological polar surface area (TPSA) is 0 Å². The highest BCUT2D eigenvalue weighted by molar-refractivity contribution is 6.10. The smallest absolute Gasteiger partial charge is 0.0159 e. The molecule has 0 aromatic heterocycles. The van der Waals surface area contributed by atoms with Crippen LogP contribution in [0.25, 0.3) is 94.0 Å². The van der Waals surface area contributed by atoms with Gasteiger partial charge in [0.25, 0.3) is 0 Å². The first kappa shape index (κ1) is 32.0. The van der Waals surface area contributed by atoms with Gasteiger partial charge < -0.3 is 0 Å². The molecule has 0 bridgehead atoms. The minimum Gasteiger partial charge on any atom is -0.0836 e. The van der Waals surface area contributed by atoms with Gasteiger partial charge in [-0.15, -0.1) is 0 Å². The molecule has 11 rings (SSSR count). The number of hydrogen-bond donors (Lipinski definition) is 0. The van der Waals surface area contributed by atoms with Crippen molar-refractivity contribution >= 4 is 38.4 Å². The van der Waals surface area contributed by atoms with Crippen LogP contribution in [0, 0.1) is 0 Å². The van der Waals surface area contributed by atoms with Crippen LogP contribution in [-0.2, 0) is 11.8 Å². The first-order chi connectivity index (χ1) is 27.0. The quantitative estimate of drug-likeness (QED) is 0.171. The fourth-order valence-electron chi connectivity index (χ4n) is 9.68. The van der Waals surface area contributed by atoms with Crippen molar-refractivity contribution in [2.45, 2.75) is 32.1 Å². The summed E-state index contributed by atoms with van der Waals surface area (Å²) >= 11 is 0. The molecule has 0 N–H and O–H groups in total. The van der Waals surface area contributed by atoms with Crippen LogP contribution in [0.4, 0.5) is 0 Å². The first-order valence-electron chi connectivity index (χ1n) is 19.6. The first-order valence-corrected chi connectivity index (χ1v) is 19.6. The Kier molecular flexibility index (Phi) is 7.13. The molecule has 2 aliphatic rings. The zero-order chi connectivity index (χ0) is 36.7. The van der Waals surface area contributed by atoms with E-state index in [4.69, 9.17) is 0 Å². The molecule has 0 heterocycles. The summed E-state index contributed by atoms with van der Waals surface area (Å²) in [7, 11) is 0. The second kappa shape index (κ2) is 12.3. The van der Waals surface area contributed by atoms with Crippen molar-refractivity contribution in [3.8, 4) is 55.6 Å². The zero-order valence-corrected chi connectivity index (χ0v) is 31.2. The van der Waals surface area contributed by atoms with Crippen LogP contribution in [-0.4, -0.2) is 0 Å². The van der Waals surface area contributed by atoms with Gasteiger partial charge in [-0.2, -0.15) is 0 Å². The lowest BCUT2D eigenvalue weighted by atomic mass is 9.79. The molecule has 0 unspecified atom stereocenters. The van der Waals surface area contributed by atoms with Gasteiger partial charge in [0, 0.05) is 5.41 Å². The lowest BCUT2D eigenvalue weighted by molar-refractivity contribution is 0.661. The summed E-state index contributed by atoms with van der Waals surface area (Å²) in [5.41, 5.74) is 18.5. The third-order valence-electron chi connectivity index (χ3n) is 12.5. The van der Waals surface area contributed by atoms with E-state index in [2.05, 4.69) is 196 Å². The molecule has 0 amide bonds. The highest BCUT2D eigenvalue weighted by Gasteiger charge is 2.36. The summed E-state index contributed by atoms with van der Waals surface area (Å²) in [5, 5.41) is 7.78. The number of hydrogen-bond acceptors (Lipinski definition) is 0. The lowest BCUT2D eigenvalue weighted by Crippen LogP contribution is -2.15. The normalized spacial score (nSPS) is 13.9. The van der Waals surface area contributed by atoms with Crippen molar-refractivity contribution in [1.82, 2.24) is 0 Å². The molecule has 0 spiro atoms. The fraction of sp³-hybridized carbons (Fsp3) is 0.0909. The predicted octanol–water partition coefficient (Wildman–Crippen LogP) is 15.1. The summed E-state index contributed by atoms with van der Waals surface area (Å²) in [4.78, 5) is 0. The maximum Gasteiger partial charge on any atom is 0.0159 e.